The van der Waals surface area contributed by atoms with Crippen LogP contribution in [0.2, 0.25) is 0 Å². The first-order valence-electron chi connectivity index (χ1n) is 18.3. The molecule has 0 atom stereocenters. The Kier molecular flexibility index (Phi) is 14.2. The minimum absolute atomic E-state index is 0. The average molecular weight is 866 g/mol. The summed E-state index contributed by atoms with van der Waals surface area (Å²) in [6.07, 6.45) is 9.30. The van der Waals surface area contributed by atoms with E-state index in [1.54, 1.807) is 6.26 Å². The van der Waals surface area contributed by atoms with Crippen LogP contribution in [0.5, 0.6) is 0 Å². The van der Waals surface area contributed by atoms with Gasteiger partial charge in [-0.15, -0.1) is 29.1 Å². The molecule has 5 aromatic rings. The molecule has 1 N–H and O–H groups in total. The van der Waals surface area contributed by atoms with E-state index in [9.17, 15) is 9.90 Å². The largest absolute Gasteiger partial charge is 0.512 e. The predicted molar refractivity (Wildman–Crippen MR) is 209 cm³/mol. The summed E-state index contributed by atoms with van der Waals surface area (Å²) in [7, 11) is 0. The number of benzene rings is 2. The number of aromatic nitrogens is 2. The fourth-order valence-corrected chi connectivity index (χ4v) is 6.17. The van der Waals surface area contributed by atoms with Crippen LogP contribution in [0.1, 0.15) is 113 Å². The number of pyridine rings is 2. The van der Waals surface area contributed by atoms with E-state index in [-0.39, 0.29) is 47.9 Å². The molecule has 1 radical (unpaired) electrons. The van der Waals surface area contributed by atoms with Gasteiger partial charge < -0.3 is 9.52 Å². The van der Waals surface area contributed by atoms with E-state index in [0.717, 1.165) is 71.1 Å². The zero-order valence-corrected chi connectivity index (χ0v) is 34.9. The van der Waals surface area contributed by atoms with Gasteiger partial charge in [0.05, 0.1) is 12.0 Å². The van der Waals surface area contributed by atoms with E-state index in [0.29, 0.717) is 5.92 Å². The number of ketones is 1. The van der Waals surface area contributed by atoms with Crippen LogP contribution in [0, 0.1) is 22.8 Å². The molecule has 0 amide bonds. The second-order valence-corrected chi connectivity index (χ2v) is 15.7. The molecule has 5 nitrogen and oxygen atoms in total. The molecule has 2 aromatic carbocycles. The number of carbonyl (C=O) groups is 1. The minimum atomic E-state index is -0.337. The number of rotatable bonds is 11. The van der Waals surface area contributed by atoms with Crippen molar-refractivity contribution in [3.8, 4) is 22.5 Å². The molecule has 0 aliphatic heterocycles. The molecule has 5 rings (SSSR count). The number of aliphatic hydroxyl groups is 1. The van der Waals surface area contributed by atoms with Gasteiger partial charge in [0, 0.05) is 55.0 Å². The number of hydrogen-bond acceptors (Lipinski definition) is 5. The van der Waals surface area contributed by atoms with Crippen LogP contribution in [0.25, 0.3) is 44.4 Å². The van der Waals surface area contributed by atoms with E-state index in [2.05, 4.69) is 83.1 Å². The number of furan rings is 1. The molecule has 0 saturated heterocycles. The first-order chi connectivity index (χ1) is 23.6. The van der Waals surface area contributed by atoms with E-state index in [1.807, 2.05) is 59.9 Å². The van der Waals surface area contributed by atoms with E-state index < -0.39 is 0 Å². The third-order valence-corrected chi connectivity index (χ3v) is 10.6. The first kappa shape index (κ1) is 41.8. The van der Waals surface area contributed by atoms with Crippen LogP contribution in [0.3, 0.4) is 0 Å². The van der Waals surface area contributed by atoms with Crippen molar-refractivity contribution in [3.05, 3.63) is 96.1 Å². The van der Waals surface area contributed by atoms with Gasteiger partial charge in [0.1, 0.15) is 11.3 Å². The topological polar surface area (TPSA) is 76.2 Å². The van der Waals surface area contributed by atoms with Gasteiger partial charge in [-0.25, -0.2) is 4.98 Å². The Labute approximate surface area is 319 Å². The van der Waals surface area contributed by atoms with Crippen molar-refractivity contribution >= 4 is 27.7 Å². The Bertz CT molecular complexity index is 1960. The summed E-state index contributed by atoms with van der Waals surface area (Å²) < 4.78 is 5.74. The Balaban J connectivity index is 0.000000335. The average Bonchev–Trinajstić information content (AvgIpc) is 3.59. The van der Waals surface area contributed by atoms with E-state index in [1.165, 1.54) is 22.6 Å². The molecule has 0 spiro atoms. The third-order valence-electron chi connectivity index (χ3n) is 10.6. The Hall–Kier alpha value is -3.60. The maximum atomic E-state index is 12.2. The van der Waals surface area contributed by atoms with Crippen LogP contribution in [-0.2, 0) is 36.7 Å². The smallest absolute Gasteiger partial charge is 0.164 e. The van der Waals surface area contributed by atoms with Crippen molar-refractivity contribution in [1.29, 1.82) is 0 Å². The molecular weight excluding hydrogens is 809 g/mol. The van der Waals surface area contributed by atoms with Crippen molar-refractivity contribution in [1.82, 2.24) is 9.97 Å². The SMILES string of the molecule is CC(C)Cc1cc(-c2ccnc(-c3[c-]c4ccccc4c(C(C)(C)C)c3)c2)nc2ccoc12.CCC(C)(CC)C(=O)/C=C(\O)C(C)(CC)CC.[Ir]. The molecule has 275 valence electrons. The fourth-order valence-electron chi connectivity index (χ4n) is 6.17. The van der Waals surface area contributed by atoms with Gasteiger partial charge in [-0.05, 0) is 66.7 Å². The number of allylic oxidation sites excluding steroid dienone is 2. The zero-order valence-electron chi connectivity index (χ0n) is 32.5. The third kappa shape index (κ3) is 9.64. The molecule has 0 saturated carbocycles. The van der Waals surface area contributed by atoms with Gasteiger partial charge in [-0.3, -0.25) is 9.78 Å². The standard InChI is InChI=1S/C30H29N2O.C15H28O2.Ir/c1-19(2)14-23-18-28(32-26-11-13-33-29(23)26)21-10-12-31-27(17-21)22-15-20-8-6-7-9-24(20)25(16-22)30(3,4)5;1-7-14(5,8-2)12(16)11-13(17)15(6,9-3)10-4;/h6-13,16-19H,14H2,1-5H3;11,16H,7-10H2,1-6H3;/q-1;;/b;12-11-;. The second-order valence-electron chi connectivity index (χ2n) is 15.7. The second kappa shape index (κ2) is 17.3. The molecular formula is C45H57IrN2O3-. The number of hydrogen-bond donors (Lipinski definition) is 1. The molecule has 3 aromatic heterocycles. The number of aliphatic hydroxyl groups excluding tert-OH is 1. The molecule has 3 heterocycles. The van der Waals surface area contributed by atoms with Gasteiger partial charge in [0.15, 0.2) is 11.4 Å². The van der Waals surface area contributed by atoms with Crippen LogP contribution in [0.15, 0.2) is 83.3 Å². The molecule has 51 heavy (non-hydrogen) atoms. The van der Waals surface area contributed by atoms with Crippen LogP contribution in [0.4, 0.5) is 0 Å². The molecule has 0 aliphatic carbocycles. The van der Waals surface area contributed by atoms with Crippen molar-refractivity contribution in [2.75, 3.05) is 0 Å². The fraction of sp³-hybridized carbons (Fsp3) is 0.444. The van der Waals surface area contributed by atoms with Crippen molar-refractivity contribution < 1.29 is 34.4 Å². The van der Waals surface area contributed by atoms with E-state index >= 15 is 0 Å². The summed E-state index contributed by atoms with van der Waals surface area (Å²) in [5.41, 5.74) is 7.60. The molecule has 0 aliphatic rings. The summed E-state index contributed by atoms with van der Waals surface area (Å²) in [6, 6.07) is 22.6. The Morgan fingerprint density at radius 2 is 1.53 bits per heavy atom. The van der Waals surface area contributed by atoms with Gasteiger partial charge in [-0.2, -0.15) is 0 Å². The Morgan fingerprint density at radius 1 is 0.882 bits per heavy atom. The Morgan fingerprint density at radius 3 is 2.14 bits per heavy atom. The van der Waals surface area contributed by atoms with Gasteiger partial charge in [-0.1, -0.05) is 111 Å². The minimum Gasteiger partial charge on any atom is -0.512 e. The number of carbonyl (C=O) groups excluding carboxylic acids is 1. The quantitative estimate of drug-likeness (QED) is 0.0813. The molecule has 6 heteroatoms. The number of fused-ring (bicyclic) bond motifs is 2. The maximum Gasteiger partial charge on any atom is 0.164 e. The zero-order chi connectivity index (χ0) is 36.9. The first-order valence-corrected chi connectivity index (χ1v) is 18.3. The van der Waals surface area contributed by atoms with Crippen molar-refractivity contribution in [2.45, 2.75) is 114 Å². The van der Waals surface area contributed by atoms with Gasteiger partial charge >= 0.3 is 0 Å². The van der Waals surface area contributed by atoms with Crippen LogP contribution >= 0.6 is 0 Å². The summed E-state index contributed by atoms with van der Waals surface area (Å²) in [5.74, 6) is 0.818. The summed E-state index contributed by atoms with van der Waals surface area (Å²) in [6.45, 7) is 23.3. The van der Waals surface area contributed by atoms with Gasteiger partial charge in [0.2, 0.25) is 0 Å². The van der Waals surface area contributed by atoms with Crippen LogP contribution < -0.4 is 0 Å². The van der Waals surface area contributed by atoms with Gasteiger partial charge in [0.25, 0.3) is 0 Å². The summed E-state index contributed by atoms with van der Waals surface area (Å²) in [4.78, 5) is 21.8. The number of nitrogens with zero attached hydrogens (tertiary/aromatic N) is 2. The maximum absolute atomic E-state index is 12.2. The molecule has 0 bridgehead atoms. The predicted octanol–water partition coefficient (Wildman–Crippen LogP) is 12.7. The summed E-state index contributed by atoms with van der Waals surface area (Å²) >= 11 is 0. The normalized spacial score (nSPS) is 12.5. The molecule has 0 unspecified atom stereocenters. The van der Waals surface area contributed by atoms with Crippen LogP contribution in [-0.4, -0.2) is 20.9 Å². The van der Waals surface area contributed by atoms with Crippen molar-refractivity contribution in [3.63, 3.8) is 0 Å². The van der Waals surface area contributed by atoms with Crippen molar-refractivity contribution in [2.24, 2.45) is 16.7 Å². The summed E-state index contributed by atoms with van der Waals surface area (Å²) in [5, 5.41) is 12.5. The molecule has 0 fully saturated rings. The monoisotopic (exact) mass is 866 g/mol. The van der Waals surface area contributed by atoms with E-state index in [4.69, 9.17) is 14.4 Å².